The molecular formula is C32H34F4N4O2. The van der Waals surface area contributed by atoms with E-state index in [1.807, 2.05) is 0 Å². The lowest BCUT2D eigenvalue weighted by Gasteiger charge is -2.31. The number of benzene rings is 3. The highest BCUT2D eigenvalue weighted by Crippen LogP contribution is 2.47. The maximum Gasteiger partial charge on any atom is 0.425 e. The van der Waals surface area contributed by atoms with Crippen molar-refractivity contribution in [3.05, 3.63) is 95.4 Å². The summed E-state index contributed by atoms with van der Waals surface area (Å²) >= 11 is 0. The van der Waals surface area contributed by atoms with Crippen LogP contribution in [0, 0.1) is 17.1 Å². The second-order valence-corrected chi connectivity index (χ2v) is 10.9. The number of nitrogens with one attached hydrogen (secondary N) is 2. The van der Waals surface area contributed by atoms with Crippen molar-refractivity contribution in [2.45, 2.75) is 37.6 Å². The number of fused-ring (bicyclic) bond motifs is 1. The molecule has 3 aromatic carbocycles. The van der Waals surface area contributed by atoms with Crippen LogP contribution in [0.2, 0.25) is 0 Å². The molecule has 1 saturated heterocycles. The van der Waals surface area contributed by atoms with Crippen molar-refractivity contribution in [2.24, 2.45) is 5.92 Å². The number of para-hydroxylation sites is 1. The lowest BCUT2D eigenvalue weighted by molar-refractivity contribution is -0.247. The molecule has 1 unspecified atom stereocenters. The van der Waals surface area contributed by atoms with E-state index in [-0.39, 0.29) is 17.7 Å². The molecule has 4 N–H and O–H groups in total. The third-order valence-electron chi connectivity index (χ3n) is 8.18. The fourth-order valence-corrected chi connectivity index (χ4v) is 5.76. The number of nitrogens with zero attached hydrogens (tertiary/aromatic N) is 2. The van der Waals surface area contributed by atoms with Gasteiger partial charge in [-0.05, 0) is 92.8 Å². The number of likely N-dealkylation sites (tertiary alicyclic amines) is 1. The van der Waals surface area contributed by atoms with Crippen LogP contribution in [0.4, 0.5) is 28.9 Å². The SMILES string of the molecule is N=Cc1cc(C(O)(c2cn(CCCN3CCC(CO)CC3)c3ccccc23)C(F)(F)F)ccc1Nc1ccc(F)cc1. The number of aromatic nitrogens is 1. The summed E-state index contributed by atoms with van der Waals surface area (Å²) in [7, 11) is 0. The number of aliphatic hydroxyl groups excluding tert-OH is 1. The van der Waals surface area contributed by atoms with Crippen molar-refractivity contribution >= 4 is 28.5 Å². The predicted molar refractivity (Wildman–Crippen MR) is 156 cm³/mol. The highest BCUT2D eigenvalue weighted by Gasteiger charge is 2.57. The molecule has 0 amide bonds. The number of hydrogen-bond donors (Lipinski definition) is 4. The van der Waals surface area contributed by atoms with Crippen LogP contribution in [0.5, 0.6) is 0 Å². The van der Waals surface area contributed by atoms with Crippen molar-refractivity contribution < 1.29 is 27.8 Å². The minimum absolute atomic E-state index is 0.133. The summed E-state index contributed by atoms with van der Waals surface area (Å²) in [5.41, 5.74) is -2.45. The fourth-order valence-electron chi connectivity index (χ4n) is 5.76. The van der Waals surface area contributed by atoms with E-state index in [2.05, 4.69) is 10.2 Å². The number of aryl methyl sites for hydroxylation is 1. The number of alkyl halides is 3. The quantitative estimate of drug-likeness (QED) is 0.129. The molecule has 0 radical (unpaired) electrons. The standard InChI is InChI=1S/C32H34F4N4O2/c33-25-7-9-26(10-8-25)38-29-11-6-24(18-23(29)19-37)31(42,32(34,35)36)28-20-40(30-5-2-1-4-27(28)30)15-3-14-39-16-12-22(21-41)13-17-39/h1-2,4-11,18-20,22,37-38,41-42H,3,12-17,21H2. The zero-order valence-corrected chi connectivity index (χ0v) is 23.0. The summed E-state index contributed by atoms with van der Waals surface area (Å²) in [6.45, 7) is 3.23. The van der Waals surface area contributed by atoms with Crippen molar-refractivity contribution in [1.29, 1.82) is 5.41 Å². The Hall–Kier alpha value is -3.73. The number of rotatable bonds is 10. The summed E-state index contributed by atoms with van der Waals surface area (Å²) in [6, 6.07) is 16.0. The Kier molecular flexibility index (Phi) is 8.68. The summed E-state index contributed by atoms with van der Waals surface area (Å²) in [5, 5.41) is 32.1. The Morgan fingerprint density at radius 2 is 1.69 bits per heavy atom. The summed E-state index contributed by atoms with van der Waals surface area (Å²) < 4.78 is 59.8. The number of hydrogen-bond acceptors (Lipinski definition) is 5. The monoisotopic (exact) mass is 582 g/mol. The first-order valence-electron chi connectivity index (χ1n) is 14.0. The Morgan fingerprint density at radius 3 is 2.36 bits per heavy atom. The highest BCUT2D eigenvalue weighted by molar-refractivity contribution is 5.89. The van der Waals surface area contributed by atoms with E-state index in [1.54, 1.807) is 28.8 Å². The minimum atomic E-state index is -5.07. The fraction of sp³-hybridized carbons (Fsp3) is 0.344. The molecule has 222 valence electrons. The topological polar surface area (TPSA) is 84.5 Å². The van der Waals surface area contributed by atoms with E-state index in [9.17, 15) is 27.8 Å². The number of aliphatic hydroxyl groups is 2. The Bertz CT molecular complexity index is 1530. The van der Waals surface area contributed by atoms with Gasteiger partial charge in [-0.3, -0.25) is 0 Å². The van der Waals surface area contributed by atoms with Crippen molar-refractivity contribution in [3.63, 3.8) is 0 Å². The number of anilines is 2. The molecule has 1 aromatic heterocycles. The maximum atomic E-state index is 14.9. The maximum absolute atomic E-state index is 14.9. The van der Waals surface area contributed by atoms with Crippen LogP contribution < -0.4 is 5.32 Å². The van der Waals surface area contributed by atoms with Gasteiger partial charge in [0.05, 0.1) is 0 Å². The van der Waals surface area contributed by atoms with Crippen LogP contribution >= 0.6 is 0 Å². The van der Waals surface area contributed by atoms with Gasteiger partial charge in [0, 0.05) is 59.0 Å². The van der Waals surface area contributed by atoms with Gasteiger partial charge in [0.25, 0.3) is 0 Å². The van der Waals surface area contributed by atoms with E-state index >= 15 is 0 Å². The van der Waals surface area contributed by atoms with E-state index in [4.69, 9.17) is 5.41 Å². The van der Waals surface area contributed by atoms with Gasteiger partial charge in [0.2, 0.25) is 5.60 Å². The summed E-state index contributed by atoms with van der Waals surface area (Å²) in [6.07, 6.45) is -0.175. The van der Waals surface area contributed by atoms with E-state index < -0.39 is 23.2 Å². The molecule has 0 saturated carbocycles. The van der Waals surface area contributed by atoms with Gasteiger partial charge < -0.3 is 30.4 Å². The van der Waals surface area contributed by atoms with Gasteiger partial charge in [-0.1, -0.05) is 24.3 Å². The predicted octanol–water partition coefficient (Wildman–Crippen LogP) is 6.41. The highest BCUT2D eigenvalue weighted by atomic mass is 19.4. The average molecular weight is 583 g/mol. The van der Waals surface area contributed by atoms with Crippen LogP contribution in [-0.4, -0.2) is 58.3 Å². The minimum Gasteiger partial charge on any atom is -0.396 e. The van der Waals surface area contributed by atoms with Gasteiger partial charge in [-0.25, -0.2) is 4.39 Å². The number of halogens is 4. The van der Waals surface area contributed by atoms with E-state index in [0.29, 0.717) is 41.2 Å². The molecule has 42 heavy (non-hydrogen) atoms. The smallest absolute Gasteiger partial charge is 0.396 e. The molecule has 0 spiro atoms. The van der Waals surface area contributed by atoms with Gasteiger partial charge >= 0.3 is 6.18 Å². The second kappa shape index (κ2) is 12.2. The Morgan fingerprint density at radius 1 is 0.976 bits per heavy atom. The largest absolute Gasteiger partial charge is 0.425 e. The molecule has 1 fully saturated rings. The molecule has 1 aliphatic heterocycles. The molecule has 4 aromatic rings. The lowest BCUT2D eigenvalue weighted by Crippen LogP contribution is -2.43. The Labute approximate surface area is 241 Å². The van der Waals surface area contributed by atoms with E-state index in [0.717, 1.165) is 44.8 Å². The third kappa shape index (κ3) is 5.92. The molecule has 0 aliphatic carbocycles. The molecule has 1 aliphatic rings. The first kappa shape index (κ1) is 29.8. The molecule has 2 heterocycles. The molecule has 10 heteroatoms. The third-order valence-corrected chi connectivity index (χ3v) is 8.18. The zero-order chi connectivity index (χ0) is 29.9. The van der Waals surface area contributed by atoms with Gasteiger partial charge in [-0.15, -0.1) is 0 Å². The van der Waals surface area contributed by atoms with Crippen LogP contribution in [0.1, 0.15) is 36.0 Å². The van der Waals surface area contributed by atoms with Crippen LogP contribution in [0.15, 0.2) is 72.9 Å². The molecule has 0 bridgehead atoms. The lowest BCUT2D eigenvalue weighted by atomic mass is 9.84. The van der Waals surface area contributed by atoms with Crippen molar-refractivity contribution in [2.75, 3.05) is 31.6 Å². The Balaban J connectivity index is 1.46. The second-order valence-electron chi connectivity index (χ2n) is 10.9. The number of piperidine rings is 1. The van der Waals surface area contributed by atoms with Crippen LogP contribution in [0.3, 0.4) is 0 Å². The summed E-state index contributed by atoms with van der Waals surface area (Å²) in [4.78, 5) is 2.31. The van der Waals surface area contributed by atoms with Crippen molar-refractivity contribution in [1.82, 2.24) is 9.47 Å². The first-order chi connectivity index (χ1) is 20.1. The van der Waals surface area contributed by atoms with Crippen LogP contribution in [-0.2, 0) is 12.1 Å². The van der Waals surface area contributed by atoms with Crippen molar-refractivity contribution in [3.8, 4) is 0 Å². The molecular weight excluding hydrogens is 548 g/mol. The molecule has 5 rings (SSSR count). The van der Waals surface area contributed by atoms with E-state index in [1.165, 1.54) is 42.6 Å². The van der Waals surface area contributed by atoms with Crippen LogP contribution in [0.25, 0.3) is 10.9 Å². The first-order valence-corrected chi connectivity index (χ1v) is 14.0. The normalized spacial score (nSPS) is 16.4. The van der Waals surface area contributed by atoms with Gasteiger partial charge in [0.15, 0.2) is 0 Å². The average Bonchev–Trinajstić information content (AvgIpc) is 3.36. The molecule has 1 atom stereocenters. The summed E-state index contributed by atoms with van der Waals surface area (Å²) in [5.74, 6) is -0.0987. The van der Waals surface area contributed by atoms with Gasteiger partial charge in [0.1, 0.15) is 5.82 Å². The molecule has 6 nitrogen and oxygen atoms in total. The zero-order valence-electron chi connectivity index (χ0n) is 23.0. The van der Waals surface area contributed by atoms with Gasteiger partial charge in [-0.2, -0.15) is 13.2 Å².